The predicted octanol–water partition coefficient (Wildman–Crippen LogP) is 3.15. The Morgan fingerprint density at radius 1 is 0.885 bits per heavy atom. The molecule has 2 aromatic heterocycles. The van der Waals surface area contributed by atoms with Gasteiger partial charge in [-0.05, 0) is 11.1 Å². The topological polar surface area (TPSA) is 72.9 Å². The highest BCUT2D eigenvalue weighted by Gasteiger charge is 2.18. The van der Waals surface area contributed by atoms with Gasteiger partial charge in [-0.3, -0.25) is 0 Å². The van der Waals surface area contributed by atoms with Crippen LogP contribution in [0.25, 0.3) is 11.2 Å². The molecule has 6 heteroatoms. The lowest BCUT2D eigenvalue weighted by Crippen LogP contribution is -2.24. The Balaban J connectivity index is 1.79. The third-order valence-electron chi connectivity index (χ3n) is 4.29. The maximum Gasteiger partial charge on any atom is 0.224 e. The van der Waals surface area contributed by atoms with Crippen molar-refractivity contribution in [1.82, 2.24) is 19.5 Å². The second-order valence-electron chi connectivity index (χ2n) is 6.26. The van der Waals surface area contributed by atoms with Crippen LogP contribution in [0.4, 0.5) is 11.8 Å². The maximum atomic E-state index is 5.99. The van der Waals surface area contributed by atoms with Crippen molar-refractivity contribution in [3.8, 4) is 0 Å². The molecule has 2 heterocycles. The molecule has 0 aliphatic carbocycles. The van der Waals surface area contributed by atoms with Gasteiger partial charge in [0, 0.05) is 20.1 Å². The van der Waals surface area contributed by atoms with Crippen LogP contribution >= 0.6 is 0 Å². The van der Waals surface area contributed by atoms with Gasteiger partial charge in [-0.1, -0.05) is 60.7 Å². The second kappa shape index (κ2) is 6.84. The molecule has 0 fully saturated rings. The number of fused-ring (bicyclic) bond motifs is 1. The highest BCUT2D eigenvalue weighted by atomic mass is 15.2. The molecule has 130 valence electrons. The van der Waals surface area contributed by atoms with Crippen molar-refractivity contribution in [2.45, 2.75) is 13.1 Å². The third-order valence-corrected chi connectivity index (χ3v) is 4.29. The Morgan fingerprint density at radius 2 is 1.46 bits per heavy atom. The van der Waals surface area contributed by atoms with Crippen LogP contribution < -0.4 is 10.6 Å². The molecule has 0 amide bonds. The average Bonchev–Trinajstić information content (AvgIpc) is 3.03. The highest BCUT2D eigenvalue weighted by Crippen LogP contribution is 2.26. The van der Waals surface area contributed by atoms with Crippen molar-refractivity contribution >= 4 is 22.9 Å². The van der Waals surface area contributed by atoms with Crippen LogP contribution in [-0.2, 0) is 20.1 Å². The average molecular weight is 344 g/mol. The van der Waals surface area contributed by atoms with E-state index in [9.17, 15) is 0 Å². The van der Waals surface area contributed by atoms with Gasteiger partial charge in [-0.2, -0.15) is 9.97 Å². The molecule has 0 aliphatic heterocycles. The molecule has 4 rings (SSSR count). The lowest BCUT2D eigenvalue weighted by molar-refractivity contribution is 0.786. The number of hydrogen-bond acceptors (Lipinski definition) is 5. The van der Waals surface area contributed by atoms with Crippen molar-refractivity contribution in [2.24, 2.45) is 7.05 Å². The number of benzene rings is 2. The Labute approximate surface area is 151 Å². The SMILES string of the molecule is Cn1cnc2c(N(Cc3ccccc3)Cc3ccccc3)nc(N)nc21. The molecule has 4 aromatic rings. The van der Waals surface area contributed by atoms with Crippen LogP contribution in [0.15, 0.2) is 67.0 Å². The summed E-state index contributed by atoms with van der Waals surface area (Å²) in [5.41, 5.74) is 9.88. The summed E-state index contributed by atoms with van der Waals surface area (Å²) in [4.78, 5) is 15.6. The van der Waals surface area contributed by atoms with E-state index in [1.54, 1.807) is 6.33 Å². The van der Waals surface area contributed by atoms with E-state index in [1.165, 1.54) is 11.1 Å². The molecule has 2 aromatic carbocycles. The molecule has 2 N–H and O–H groups in total. The summed E-state index contributed by atoms with van der Waals surface area (Å²) in [5, 5.41) is 0. The van der Waals surface area contributed by atoms with Crippen molar-refractivity contribution in [3.63, 3.8) is 0 Å². The first-order valence-corrected chi connectivity index (χ1v) is 8.48. The number of nitrogens with two attached hydrogens (primary N) is 1. The number of aromatic nitrogens is 4. The lowest BCUT2D eigenvalue weighted by atomic mass is 10.1. The normalized spacial score (nSPS) is 11.0. The van der Waals surface area contributed by atoms with E-state index in [-0.39, 0.29) is 5.95 Å². The molecule has 0 spiro atoms. The predicted molar refractivity (Wildman–Crippen MR) is 103 cm³/mol. The van der Waals surface area contributed by atoms with Gasteiger partial charge in [0.2, 0.25) is 5.95 Å². The zero-order chi connectivity index (χ0) is 17.9. The van der Waals surface area contributed by atoms with E-state index in [0.717, 1.165) is 17.0 Å². The minimum Gasteiger partial charge on any atom is -0.368 e. The summed E-state index contributed by atoms with van der Waals surface area (Å²) >= 11 is 0. The summed E-state index contributed by atoms with van der Waals surface area (Å²) in [5.74, 6) is 1.00. The lowest BCUT2D eigenvalue weighted by Gasteiger charge is -2.24. The Bertz CT molecular complexity index is 969. The quantitative estimate of drug-likeness (QED) is 0.602. The van der Waals surface area contributed by atoms with E-state index in [4.69, 9.17) is 5.73 Å². The fraction of sp³-hybridized carbons (Fsp3) is 0.150. The Morgan fingerprint density at radius 3 is 2.04 bits per heavy atom. The molecule has 6 nitrogen and oxygen atoms in total. The van der Waals surface area contributed by atoms with E-state index in [2.05, 4.69) is 44.1 Å². The monoisotopic (exact) mass is 344 g/mol. The van der Waals surface area contributed by atoms with Crippen LogP contribution in [0.1, 0.15) is 11.1 Å². The number of nitrogen functional groups attached to an aromatic ring is 1. The number of hydrogen-bond donors (Lipinski definition) is 1. The molecule has 0 atom stereocenters. The van der Waals surface area contributed by atoms with E-state index < -0.39 is 0 Å². The Kier molecular flexibility index (Phi) is 4.23. The summed E-state index contributed by atoms with van der Waals surface area (Å²) in [6.45, 7) is 1.41. The molecule has 0 aliphatic rings. The summed E-state index contributed by atoms with van der Waals surface area (Å²) in [6, 6.07) is 20.6. The molecule has 0 radical (unpaired) electrons. The summed E-state index contributed by atoms with van der Waals surface area (Å²) < 4.78 is 1.86. The molecule has 0 bridgehead atoms. The van der Waals surface area contributed by atoms with Crippen molar-refractivity contribution in [3.05, 3.63) is 78.1 Å². The van der Waals surface area contributed by atoms with E-state index in [1.807, 2.05) is 48.0 Å². The number of imidazole rings is 1. The standard InChI is InChI=1S/C20H20N6/c1-25-14-22-17-18(25)23-20(21)24-19(17)26(12-15-8-4-2-5-9-15)13-16-10-6-3-7-11-16/h2-11,14H,12-13H2,1H3,(H2,21,23,24). The van der Waals surface area contributed by atoms with E-state index >= 15 is 0 Å². The first-order valence-electron chi connectivity index (χ1n) is 8.48. The second-order valence-corrected chi connectivity index (χ2v) is 6.26. The number of nitrogens with zero attached hydrogens (tertiary/aromatic N) is 5. The molecule has 26 heavy (non-hydrogen) atoms. The number of aryl methyl sites for hydroxylation is 1. The zero-order valence-corrected chi connectivity index (χ0v) is 14.6. The fourth-order valence-electron chi connectivity index (χ4n) is 3.04. The maximum absolute atomic E-state index is 5.99. The van der Waals surface area contributed by atoms with Crippen LogP contribution in [0.3, 0.4) is 0 Å². The molecule has 0 saturated carbocycles. The zero-order valence-electron chi connectivity index (χ0n) is 14.6. The van der Waals surface area contributed by atoms with Crippen molar-refractivity contribution in [2.75, 3.05) is 10.6 Å². The van der Waals surface area contributed by atoms with Gasteiger partial charge in [-0.15, -0.1) is 0 Å². The van der Waals surface area contributed by atoms with Gasteiger partial charge in [0.1, 0.15) is 0 Å². The van der Waals surface area contributed by atoms with Crippen molar-refractivity contribution < 1.29 is 0 Å². The van der Waals surface area contributed by atoms with Gasteiger partial charge in [0.15, 0.2) is 17.0 Å². The minimum absolute atomic E-state index is 0.252. The summed E-state index contributed by atoms with van der Waals surface area (Å²) in [7, 11) is 1.91. The highest BCUT2D eigenvalue weighted by molar-refractivity contribution is 5.84. The molecular weight excluding hydrogens is 324 g/mol. The first-order chi connectivity index (χ1) is 12.7. The molecule has 0 saturated heterocycles. The van der Waals surface area contributed by atoms with Crippen LogP contribution in [0, 0.1) is 0 Å². The third kappa shape index (κ3) is 3.21. The van der Waals surface area contributed by atoms with Gasteiger partial charge in [-0.25, -0.2) is 4.98 Å². The van der Waals surface area contributed by atoms with Gasteiger partial charge in [0.05, 0.1) is 6.33 Å². The van der Waals surface area contributed by atoms with E-state index in [0.29, 0.717) is 13.1 Å². The number of rotatable bonds is 5. The van der Waals surface area contributed by atoms with Gasteiger partial charge < -0.3 is 15.2 Å². The van der Waals surface area contributed by atoms with Crippen LogP contribution in [0.2, 0.25) is 0 Å². The fourth-order valence-corrected chi connectivity index (χ4v) is 3.04. The van der Waals surface area contributed by atoms with Crippen LogP contribution in [0.5, 0.6) is 0 Å². The molecular formula is C20H20N6. The number of anilines is 2. The van der Waals surface area contributed by atoms with Gasteiger partial charge >= 0.3 is 0 Å². The first kappa shape index (κ1) is 16.1. The van der Waals surface area contributed by atoms with Gasteiger partial charge in [0.25, 0.3) is 0 Å². The Hall–Kier alpha value is -3.41. The smallest absolute Gasteiger partial charge is 0.224 e. The largest absolute Gasteiger partial charge is 0.368 e. The molecule has 0 unspecified atom stereocenters. The van der Waals surface area contributed by atoms with Crippen molar-refractivity contribution in [1.29, 1.82) is 0 Å². The minimum atomic E-state index is 0.252. The van der Waals surface area contributed by atoms with Crippen LogP contribution in [-0.4, -0.2) is 19.5 Å². The summed E-state index contributed by atoms with van der Waals surface area (Å²) in [6.07, 6.45) is 1.74.